The van der Waals surface area contributed by atoms with E-state index in [1.54, 1.807) is 0 Å². The number of aromatic amines is 1. The van der Waals surface area contributed by atoms with Gasteiger partial charge in [-0.05, 0) is 6.07 Å². The molecule has 1 N–H and O–H groups in total. The van der Waals surface area contributed by atoms with Crippen LogP contribution >= 0.6 is 11.6 Å². The van der Waals surface area contributed by atoms with Crippen LogP contribution in [0.5, 0.6) is 0 Å². The van der Waals surface area contributed by atoms with Crippen molar-refractivity contribution in [3.63, 3.8) is 0 Å². The summed E-state index contributed by atoms with van der Waals surface area (Å²) in [5, 5.41) is 13.5. The maximum Gasteiger partial charge on any atom is 0.120 e. The first kappa shape index (κ1) is 7.76. The molecule has 0 bridgehead atoms. The maximum atomic E-state index is 6.11. The van der Waals surface area contributed by atoms with E-state index in [2.05, 4.69) is 15.4 Å². The van der Waals surface area contributed by atoms with Crippen LogP contribution in [0.4, 0.5) is 0 Å². The second-order valence-corrected chi connectivity index (χ2v) is 3.50. The number of fused-ring (bicyclic) bond motifs is 3. The molecule has 1 heterocycles. The molecule has 3 aromatic rings. The molecule has 0 fully saturated rings. The van der Waals surface area contributed by atoms with Crippen LogP contribution in [0.25, 0.3) is 21.8 Å². The van der Waals surface area contributed by atoms with E-state index in [1.165, 1.54) is 0 Å². The van der Waals surface area contributed by atoms with Gasteiger partial charge in [0.1, 0.15) is 11.0 Å². The van der Waals surface area contributed by atoms with Crippen LogP contribution in [0.2, 0.25) is 5.02 Å². The summed E-state index contributed by atoms with van der Waals surface area (Å²) in [6.45, 7) is 0. The van der Waals surface area contributed by atoms with Gasteiger partial charge in [-0.1, -0.05) is 35.9 Å². The summed E-state index contributed by atoms with van der Waals surface area (Å²) < 4.78 is 0. The SMILES string of the molecule is Clc1cc2n[nH]nc2c2ccccc12. The fourth-order valence-corrected chi connectivity index (χ4v) is 1.90. The van der Waals surface area contributed by atoms with Crippen LogP contribution in [-0.4, -0.2) is 15.4 Å². The number of halogens is 1. The van der Waals surface area contributed by atoms with Crippen molar-refractivity contribution < 1.29 is 0 Å². The lowest BCUT2D eigenvalue weighted by atomic mass is 10.1. The van der Waals surface area contributed by atoms with Crippen LogP contribution in [0.1, 0.15) is 0 Å². The number of rotatable bonds is 0. The molecule has 0 saturated carbocycles. The number of hydrogen-bond donors (Lipinski definition) is 1. The van der Waals surface area contributed by atoms with Crippen molar-refractivity contribution in [3.8, 4) is 0 Å². The van der Waals surface area contributed by atoms with Crippen LogP contribution < -0.4 is 0 Å². The minimum Gasteiger partial charge on any atom is -0.197 e. The van der Waals surface area contributed by atoms with Gasteiger partial charge >= 0.3 is 0 Å². The molecular formula is C10H6ClN3. The topological polar surface area (TPSA) is 41.6 Å². The molecular weight excluding hydrogens is 198 g/mol. The van der Waals surface area contributed by atoms with Gasteiger partial charge in [-0.15, -0.1) is 0 Å². The molecule has 0 aliphatic rings. The fraction of sp³-hybridized carbons (Fsp3) is 0. The maximum absolute atomic E-state index is 6.11. The molecule has 68 valence electrons. The van der Waals surface area contributed by atoms with Crippen molar-refractivity contribution in [3.05, 3.63) is 35.4 Å². The minimum absolute atomic E-state index is 0.710. The van der Waals surface area contributed by atoms with Crippen LogP contribution in [0.3, 0.4) is 0 Å². The first-order valence-corrected chi connectivity index (χ1v) is 4.62. The molecule has 0 aliphatic carbocycles. The smallest absolute Gasteiger partial charge is 0.120 e. The van der Waals surface area contributed by atoms with Gasteiger partial charge in [0.15, 0.2) is 0 Å². The number of benzene rings is 2. The van der Waals surface area contributed by atoms with E-state index in [-0.39, 0.29) is 0 Å². The van der Waals surface area contributed by atoms with Crippen molar-refractivity contribution >= 4 is 33.4 Å². The summed E-state index contributed by atoms with van der Waals surface area (Å²) in [6, 6.07) is 9.72. The second kappa shape index (κ2) is 2.69. The summed E-state index contributed by atoms with van der Waals surface area (Å²) in [5.74, 6) is 0. The van der Waals surface area contributed by atoms with Crippen molar-refractivity contribution in [1.82, 2.24) is 15.4 Å². The summed E-state index contributed by atoms with van der Waals surface area (Å²) >= 11 is 6.11. The predicted molar refractivity (Wildman–Crippen MR) is 56.4 cm³/mol. The van der Waals surface area contributed by atoms with E-state index in [1.807, 2.05) is 30.3 Å². The average molecular weight is 204 g/mol. The lowest BCUT2D eigenvalue weighted by Crippen LogP contribution is -1.77. The summed E-state index contributed by atoms with van der Waals surface area (Å²) in [6.07, 6.45) is 0. The number of aromatic nitrogens is 3. The Labute approximate surface area is 84.7 Å². The van der Waals surface area contributed by atoms with E-state index in [0.29, 0.717) is 5.02 Å². The van der Waals surface area contributed by atoms with Gasteiger partial charge in [0, 0.05) is 10.8 Å². The number of nitrogens with one attached hydrogen (secondary N) is 1. The quantitative estimate of drug-likeness (QED) is 0.611. The first-order chi connectivity index (χ1) is 6.86. The molecule has 1 aromatic heterocycles. The number of H-pyrrole nitrogens is 1. The Morgan fingerprint density at radius 1 is 1.07 bits per heavy atom. The zero-order valence-corrected chi connectivity index (χ0v) is 7.92. The fourth-order valence-electron chi connectivity index (χ4n) is 1.63. The molecule has 0 aliphatic heterocycles. The third-order valence-electron chi connectivity index (χ3n) is 2.28. The lowest BCUT2D eigenvalue weighted by Gasteiger charge is -1.99. The molecule has 0 unspecified atom stereocenters. The summed E-state index contributed by atoms with van der Waals surface area (Å²) in [7, 11) is 0. The zero-order valence-electron chi connectivity index (χ0n) is 7.16. The van der Waals surface area contributed by atoms with Gasteiger partial charge in [0.25, 0.3) is 0 Å². The monoisotopic (exact) mass is 203 g/mol. The predicted octanol–water partition coefficient (Wildman–Crippen LogP) is 2.76. The van der Waals surface area contributed by atoms with E-state index in [4.69, 9.17) is 11.6 Å². The van der Waals surface area contributed by atoms with Crippen molar-refractivity contribution in [2.45, 2.75) is 0 Å². The molecule has 0 atom stereocenters. The molecule has 0 spiro atoms. The molecule has 0 amide bonds. The van der Waals surface area contributed by atoms with Gasteiger partial charge in [-0.3, -0.25) is 0 Å². The largest absolute Gasteiger partial charge is 0.197 e. The van der Waals surface area contributed by atoms with Crippen molar-refractivity contribution in [2.75, 3.05) is 0 Å². The Hall–Kier alpha value is -1.61. The number of nitrogens with zero attached hydrogens (tertiary/aromatic N) is 2. The van der Waals surface area contributed by atoms with Crippen LogP contribution in [-0.2, 0) is 0 Å². The third kappa shape index (κ3) is 0.930. The zero-order chi connectivity index (χ0) is 9.54. The Kier molecular flexibility index (Phi) is 1.49. The second-order valence-electron chi connectivity index (χ2n) is 3.10. The standard InChI is InChI=1S/C10H6ClN3/c11-8-5-9-10(13-14-12-9)7-4-2-1-3-6(7)8/h1-5H,(H,12,13,14). The minimum atomic E-state index is 0.710. The molecule has 14 heavy (non-hydrogen) atoms. The Balaban J connectivity index is 2.67. The molecule has 4 heteroatoms. The van der Waals surface area contributed by atoms with E-state index in [9.17, 15) is 0 Å². The first-order valence-electron chi connectivity index (χ1n) is 4.24. The molecule has 3 rings (SSSR count). The average Bonchev–Trinajstić information content (AvgIpc) is 2.66. The van der Waals surface area contributed by atoms with E-state index >= 15 is 0 Å². The van der Waals surface area contributed by atoms with Gasteiger partial charge in [0.2, 0.25) is 0 Å². The summed E-state index contributed by atoms with van der Waals surface area (Å²) in [4.78, 5) is 0. The third-order valence-corrected chi connectivity index (χ3v) is 2.59. The number of hydrogen-bond acceptors (Lipinski definition) is 2. The van der Waals surface area contributed by atoms with Gasteiger partial charge < -0.3 is 0 Å². The molecule has 0 saturated heterocycles. The van der Waals surface area contributed by atoms with Crippen LogP contribution in [0.15, 0.2) is 30.3 Å². The Bertz CT molecular complexity index is 615. The van der Waals surface area contributed by atoms with Crippen molar-refractivity contribution in [2.24, 2.45) is 0 Å². The van der Waals surface area contributed by atoms with Crippen molar-refractivity contribution in [1.29, 1.82) is 0 Å². The van der Waals surface area contributed by atoms with E-state index < -0.39 is 0 Å². The van der Waals surface area contributed by atoms with Gasteiger partial charge in [0.05, 0.1) is 5.02 Å². The highest BCUT2D eigenvalue weighted by molar-refractivity contribution is 6.37. The van der Waals surface area contributed by atoms with Gasteiger partial charge in [-0.2, -0.15) is 15.4 Å². The molecule has 3 nitrogen and oxygen atoms in total. The lowest BCUT2D eigenvalue weighted by molar-refractivity contribution is 0.960. The Morgan fingerprint density at radius 3 is 2.71 bits per heavy atom. The summed E-state index contributed by atoms with van der Waals surface area (Å²) in [5.41, 5.74) is 1.67. The Morgan fingerprint density at radius 2 is 1.86 bits per heavy atom. The molecule has 0 radical (unpaired) electrons. The van der Waals surface area contributed by atoms with Crippen LogP contribution in [0, 0.1) is 0 Å². The van der Waals surface area contributed by atoms with E-state index in [0.717, 1.165) is 21.8 Å². The highest BCUT2D eigenvalue weighted by atomic mass is 35.5. The highest BCUT2D eigenvalue weighted by Crippen LogP contribution is 2.28. The highest BCUT2D eigenvalue weighted by Gasteiger charge is 2.06. The molecule has 2 aromatic carbocycles. The van der Waals surface area contributed by atoms with Gasteiger partial charge in [-0.25, -0.2) is 0 Å². The normalized spacial score (nSPS) is 11.2.